The maximum atomic E-state index is 9.32. The number of rotatable bonds is 7. The fourth-order valence-electron chi connectivity index (χ4n) is 2.60. The van der Waals surface area contributed by atoms with E-state index >= 15 is 0 Å². The van der Waals surface area contributed by atoms with E-state index in [9.17, 15) is 5.11 Å². The Balaban J connectivity index is 2.33. The molecule has 1 fully saturated rings. The molecule has 0 saturated heterocycles. The van der Waals surface area contributed by atoms with Gasteiger partial charge in [-0.15, -0.1) is 0 Å². The standard InChI is InChI=1S/C12H26N2O2/c1-4-16-11-6-12(7-11,8-13)14-9(2)5-10(3)15/h9-11,14-15H,4-8,13H2,1-3H3. The van der Waals surface area contributed by atoms with E-state index in [-0.39, 0.29) is 11.6 Å². The van der Waals surface area contributed by atoms with Crippen LogP contribution in [0.25, 0.3) is 0 Å². The van der Waals surface area contributed by atoms with Crippen molar-refractivity contribution in [3.63, 3.8) is 0 Å². The third-order valence-electron chi connectivity index (χ3n) is 3.28. The Morgan fingerprint density at radius 3 is 2.56 bits per heavy atom. The topological polar surface area (TPSA) is 67.5 Å². The van der Waals surface area contributed by atoms with Crippen molar-refractivity contribution in [3.05, 3.63) is 0 Å². The van der Waals surface area contributed by atoms with E-state index in [1.807, 2.05) is 13.8 Å². The molecular formula is C12H26N2O2. The van der Waals surface area contributed by atoms with Gasteiger partial charge in [0.1, 0.15) is 0 Å². The van der Waals surface area contributed by atoms with Crippen molar-refractivity contribution in [1.29, 1.82) is 0 Å². The minimum atomic E-state index is -0.264. The molecule has 16 heavy (non-hydrogen) atoms. The van der Waals surface area contributed by atoms with Gasteiger partial charge >= 0.3 is 0 Å². The minimum absolute atomic E-state index is 0.0359. The second kappa shape index (κ2) is 5.96. The summed E-state index contributed by atoms with van der Waals surface area (Å²) in [5.74, 6) is 0. The van der Waals surface area contributed by atoms with Crippen LogP contribution in [0.15, 0.2) is 0 Å². The van der Waals surface area contributed by atoms with Gasteiger partial charge in [-0.2, -0.15) is 0 Å². The summed E-state index contributed by atoms with van der Waals surface area (Å²) in [6.07, 6.45) is 2.84. The van der Waals surface area contributed by atoms with Gasteiger partial charge in [0.2, 0.25) is 0 Å². The van der Waals surface area contributed by atoms with E-state index in [1.54, 1.807) is 0 Å². The van der Waals surface area contributed by atoms with Crippen LogP contribution >= 0.6 is 0 Å². The quantitative estimate of drug-likeness (QED) is 0.600. The summed E-state index contributed by atoms with van der Waals surface area (Å²) >= 11 is 0. The van der Waals surface area contributed by atoms with Gasteiger partial charge in [-0.25, -0.2) is 0 Å². The van der Waals surface area contributed by atoms with E-state index in [0.717, 1.165) is 25.9 Å². The van der Waals surface area contributed by atoms with E-state index in [1.165, 1.54) is 0 Å². The van der Waals surface area contributed by atoms with Crippen molar-refractivity contribution >= 4 is 0 Å². The third kappa shape index (κ3) is 3.70. The lowest BCUT2D eigenvalue weighted by Gasteiger charge is -2.49. The number of hydrogen-bond donors (Lipinski definition) is 3. The Kier molecular flexibility index (Phi) is 5.18. The van der Waals surface area contributed by atoms with Crippen LogP contribution < -0.4 is 11.1 Å². The van der Waals surface area contributed by atoms with Crippen LogP contribution in [0, 0.1) is 0 Å². The first-order valence-electron chi connectivity index (χ1n) is 6.28. The Labute approximate surface area is 98.5 Å². The monoisotopic (exact) mass is 230 g/mol. The molecule has 1 aliphatic carbocycles. The van der Waals surface area contributed by atoms with Crippen LogP contribution in [-0.2, 0) is 4.74 Å². The van der Waals surface area contributed by atoms with Crippen LogP contribution in [0.5, 0.6) is 0 Å². The third-order valence-corrected chi connectivity index (χ3v) is 3.28. The normalized spacial score (nSPS) is 33.2. The molecular weight excluding hydrogens is 204 g/mol. The summed E-state index contributed by atoms with van der Waals surface area (Å²) in [5.41, 5.74) is 5.86. The van der Waals surface area contributed by atoms with Gasteiger partial charge in [-0.3, -0.25) is 0 Å². The summed E-state index contributed by atoms with van der Waals surface area (Å²) in [7, 11) is 0. The van der Waals surface area contributed by atoms with E-state index in [4.69, 9.17) is 10.5 Å². The van der Waals surface area contributed by atoms with E-state index < -0.39 is 0 Å². The molecule has 0 aromatic rings. The van der Waals surface area contributed by atoms with E-state index in [0.29, 0.717) is 18.7 Å². The molecule has 0 spiro atoms. The van der Waals surface area contributed by atoms with Gasteiger partial charge in [0.25, 0.3) is 0 Å². The molecule has 0 heterocycles. The highest BCUT2D eigenvalue weighted by atomic mass is 16.5. The summed E-state index contributed by atoms with van der Waals surface area (Å²) in [4.78, 5) is 0. The van der Waals surface area contributed by atoms with Gasteiger partial charge in [-0.1, -0.05) is 0 Å². The Hall–Kier alpha value is -0.160. The Morgan fingerprint density at radius 2 is 2.12 bits per heavy atom. The van der Waals surface area contributed by atoms with Crippen molar-refractivity contribution < 1.29 is 9.84 Å². The first-order chi connectivity index (χ1) is 7.51. The first kappa shape index (κ1) is 13.9. The van der Waals surface area contributed by atoms with Crippen LogP contribution in [0.4, 0.5) is 0 Å². The summed E-state index contributed by atoms with van der Waals surface area (Å²) in [5, 5.41) is 12.9. The smallest absolute Gasteiger partial charge is 0.0611 e. The highest BCUT2D eigenvalue weighted by Crippen LogP contribution is 2.34. The molecule has 2 atom stereocenters. The lowest BCUT2D eigenvalue weighted by Crippen LogP contribution is -2.64. The van der Waals surface area contributed by atoms with E-state index in [2.05, 4.69) is 12.2 Å². The SMILES string of the molecule is CCOC1CC(CN)(NC(C)CC(C)O)C1. The van der Waals surface area contributed by atoms with Gasteiger partial charge in [0.15, 0.2) is 0 Å². The number of nitrogens with two attached hydrogens (primary N) is 1. The number of ether oxygens (including phenoxy) is 1. The molecule has 0 aromatic carbocycles. The molecule has 1 rings (SSSR count). The predicted molar refractivity (Wildman–Crippen MR) is 65.3 cm³/mol. The molecule has 1 saturated carbocycles. The molecule has 0 amide bonds. The number of nitrogens with one attached hydrogen (secondary N) is 1. The average molecular weight is 230 g/mol. The number of aliphatic hydroxyl groups is 1. The fourth-order valence-corrected chi connectivity index (χ4v) is 2.60. The van der Waals surface area contributed by atoms with Crippen LogP contribution in [0.2, 0.25) is 0 Å². The minimum Gasteiger partial charge on any atom is -0.393 e. The van der Waals surface area contributed by atoms with Gasteiger partial charge in [0.05, 0.1) is 12.2 Å². The largest absolute Gasteiger partial charge is 0.393 e. The molecule has 0 bridgehead atoms. The molecule has 0 aliphatic heterocycles. The van der Waals surface area contributed by atoms with Crippen molar-refractivity contribution in [3.8, 4) is 0 Å². The van der Waals surface area contributed by atoms with Crippen molar-refractivity contribution in [2.24, 2.45) is 5.73 Å². The second-order valence-corrected chi connectivity index (χ2v) is 5.10. The molecule has 4 heteroatoms. The number of hydrogen-bond acceptors (Lipinski definition) is 4. The fraction of sp³-hybridized carbons (Fsp3) is 1.00. The average Bonchev–Trinajstić information content (AvgIpc) is 2.12. The van der Waals surface area contributed by atoms with Crippen molar-refractivity contribution in [2.75, 3.05) is 13.2 Å². The van der Waals surface area contributed by atoms with Crippen LogP contribution in [0.3, 0.4) is 0 Å². The maximum Gasteiger partial charge on any atom is 0.0611 e. The zero-order valence-corrected chi connectivity index (χ0v) is 10.7. The predicted octanol–water partition coefficient (Wildman–Crippen LogP) is 0.632. The van der Waals surface area contributed by atoms with Gasteiger partial charge in [0, 0.05) is 24.7 Å². The van der Waals surface area contributed by atoms with Crippen molar-refractivity contribution in [1.82, 2.24) is 5.32 Å². The number of aliphatic hydroxyl groups excluding tert-OH is 1. The lowest BCUT2D eigenvalue weighted by molar-refractivity contribution is -0.0519. The summed E-state index contributed by atoms with van der Waals surface area (Å²) in [6.45, 7) is 7.34. The zero-order valence-electron chi connectivity index (χ0n) is 10.7. The Bertz CT molecular complexity index is 203. The molecule has 4 N–H and O–H groups in total. The zero-order chi connectivity index (χ0) is 12.2. The molecule has 1 aliphatic rings. The highest BCUT2D eigenvalue weighted by Gasteiger charge is 2.44. The first-order valence-corrected chi connectivity index (χ1v) is 6.28. The summed E-state index contributed by atoms with van der Waals surface area (Å²) in [6, 6.07) is 0.297. The molecule has 0 aromatic heterocycles. The Morgan fingerprint density at radius 1 is 1.50 bits per heavy atom. The molecule has 4 nitrogen and oxygen atoms in total. The maximum absolute atomic E-state index is 9.32. The van der Waals surface area contributed by atoms with Crippen LogP contribution in [0.1, 0.15) is 40.0 Å². The van der Waals surface area contributed by atoms with Gasteiger partial charge in [-0.05, 0) is 40.0 Å². The second-order valence-electron chi connectivity index (χ2n) is 5.10. The van der Waals surface area contributed by atoms with Gasteiger partial charge < -0.3 is 20.9 Å². The van der Waals surface area contributed by atoms with Crippen LogP contribution in [-0.4, -0.2) is 42.0 Å². The summed E-state index contributed by atoms with van der Waals surface area (Å²) < 4.78 is 5.55. The molecule has 96 valence electrons. The molecule has 2 unspecified atom stereocenters. The molecule has 0 radical (unpaired) electrons. The highest BCUT2D eigenvalue weighted by molar-refractivity contribution is 5.04. The van der Waals surface area contributed by atoms with Crippen molar-refractivity contribution in [2.45, 2.75) is 63.8 Å². The lowest BCUT2D eigenvalue weighted by atomic mass is 9.73.